The van der Waals surface area contributed by atoms with Gasteiger partial charge in [0.2, 0.25) is 5.91 Å². The molecule has 1 aliphatic heterocycles. The molecule has 1 aromatic carbocycles. The van der Waals surface area contributed by atoms with Crippen LogP contribution in [0.2, 0.25) is 0 Å². The monoisotopic (exact) mass is 304 g/mol. The molecule has 0 radical (unpaired) electrons. The number of rotatable bonds is 4. The lowest BCUT2D eigenvalue weighted by Gasteiger charge is -2.14. The van der Waals surface area contributed by atoms with E-state index in [2.05, 4.69) is 22.1 Å². The number of aromatic nitrogens is 1. The fourth-order valence-corrected chi connectivity index (χ4v) is 3.60. The van der Waals surface area contributed by atoms with E-state index in [-0.39, 0.29) is 5.91 Å². The fraction of sp³-hybridized carbons (Fsp3) is 0.467. The summed E-state index contributed by atoms with van der Waals surface area (Å²) in [6.45, 7) is 5.30. The number of hydrogen-bond donors (Lipinski definition) is 2. The summed E-state index contributed by atoms with van der Waals surface area (Å²) in [6.07, 6.45) is 1.76. The Hall–Kier alpha value is -1.66. The largest absolute Gasteiger partial charge is 0.399 e. The van der Waals surface area contributed by atoms with Crippen LogP contribution in [0.25, 0.3) is 10.2 Å². The summed E-state index contributed by atoms with van der Waals surface area (Å²) < 4.78 is 0.999. The van der Waals surface area contributed by atoms with Crippen LogP contribution in [0, 0.1) is 5.92 Å². The molecule has 0 aliphatic carbocycles. The Labute approximate surface area is 128 Å². The third kappa shape index (κ3) is 3.51. The van der Waals surface area contributed by atoms with Crippen molar-refractivity contribution < 1.29 is 4.79 Å². The predicted octanol–water partition coefficient (Wildman–Crippen LogP) is 2.55. The van der Waals surface area contributed by atoms with Crippen molar-refractivity contribution >= 4 is 38.3 Å². The van der Waals surface area contributed by atoms with Crippen molar-refractivity contribution in [1.82, 2.24) is 9.88 Å². The molecule has 0 bridgehead atoms. The van der Waals surface area contributed by atoms with Crippen LogP contribution in [0.15, 0.2) is 18.2 Å². The van der Waals surface area contributed by atoms with Gasteiger partial charge in [0.05, 0.1) is 10.2 Å². The first-order valence-electron chi connectivity index (χ1n) is 7.28. The van der Waals surface area contributed by atoms with Gasteiger partial charge in [0.1, 0.15) is 0 Å². The quantitative estimate of drug-likeness (QED) is 0.852. The third-order valence-electron chi connectivity index (χ3n) is 3.82. The maximum atomic E-state index is 12.0. The average molecular weight is 304 g/mol. The molecule has 0 spiro atoms. The van der Waals surface area contributed by atoms with Gasteiger partial charge in [0.15, 0.2) is 5.13 Å². The maximum absolute atomic E-state index is 12.0. The second kappa shape index (κ2) is 5.99. The van der Waals surface area contributed by atoms with E-state index in [1.54, 1.807) is 0 Å². The molecule has 2 heterocycles. The summed E-state index contributed by atoms with van der Waals surface area (Å²) in [5.74, 6) is 0.782. The van der Waals surface area contributed by atoms with Crippen LogP contribution in [-0.4, -0.2) is 35.4 Å². The molecule has 1 amide bonds. The summed E-state index contributed by atoms with van der Waals surface area (Å²) in [5.41, 5.74) is 7.34. The highest BCUT2D eigenvalue weighted by Gasteiger charge is 2.19. The number of likely N-dealkylation sites (tertiary alicyclic amines) is 1. The van der Waals surface area contributed by atoms with Crippen molar-refractivity contribution in [3.8, 4) is 0 Å². The lowest BCUT2D eigenvalue weighted by atomic mass is 10.2. The second-order valence-electron chi connectivity index (χ2n) is 5.74. The van der Waals surface area contributed by atoms with Gasteiger partial charge >= 0.3 is 0 Å². The molecule has 6 heteroatoms. The molecule has 0 saturated carbocycles. The third-order valence-corrected chi connectivity index (χ3v) is 4.76. The molecule has 1 saturated heterocycles. The fourth-order valence-electron chi connectivity index (χ4n) is 2.67. The average Bonchev–Trinajstić information content (AvgIpc) is 3.01. The predicted molar refractivity (Wildman–Crippen MR) is 87.5 cm³/mol. The maximum Gasteiger partial charge on any atom is 0.227 e. The van der Waals surface area contributed by atoms with Crippen molar-refractivity contribution in [2.75, 3.05) is 30.7 Å². The number of nitrogens with zero attached hydrogens (tertiary/aromatic N) is 2. The molecule has 2 aromatic rings. The number of amides is 1. The highest BCUT2D eigenvalue weighted by Crippen LogP contribution is 2.27. The Bertz CT molecular complexity index is 654. The summed E-state index contributed by atoms with van der Waals surface area (Å²) in [5, 5.41) is 3.54. The normalized spacial score (nSPS) is 19.2. The van der Waals surface area contributed by atoms with E-state index in [1.807, 2.05) is 18.2 Å². The molecule has 1 atom stereocenters. The van der Waals surface area contributed by atoms with Crippen molar-refractivity contribution in [1.29, 1.82) is 0 Å². The molecule has 1 unspecified atom stereocenters. The molecule has 3 N–H and O–H groups in total. The molecular weight excluding hydrogens is 284 g/mol. The highest BCUT2D eigenvalue weighted by molar-refractivity contribution is 7.22. The molecule has 1 fully saturated rings. The summed E-state index contributed by atoms with van der Waals surface area (Å²) in [4.78, 5) is 18.8. The van der Waals surface area contributed by atoms with E-state index in [4.69, 9.17) is 5.73 Å². The molecule has 1 aromatic heterocycles. The number of thiazole rings is 1. The van der Waals surface area contributed by atoms with Gasteiger partial charge in [-0.1, -0.05) is 18.3 Å². The van der Waals surface area contributed by atoms with Gasteiger partial charge in [0.25, 0.3) is 0 Å². The SMILES string of the molecule is CC1CCN(CCC(=O)Nc2nc3ccc(N)cc3s2)C1. The van der Waals surface area contributed by atoms with E-state index in [0.29, 0.717) is 17.2 Å². The Morgan fingerprint density at radius 1 is 1.57 bits per heavy atom. The first kappa shape index (κ1) is 14.3. The number of carbonyl (C=O) groups excluding carboxylic acids is 1. The number of nitrogens with two attached hydrogens (primary N) is 1. The lowest BCUT2D eigenvalue weighted by molar-refractivity contribution is -0.116. The molecule has 112 valence electrons. The molecule has 1 aliphatic rings. The van der Waals surface area contributed by atoms with E-state index >= 15 is 0 Å². The number of carbonyl (C=O) groups is 1. The van der Waals surface area contributed by atoms with Crippen LogP contribution in [0.5, 0.6) is 0 Å². The van der Waals surface area contributed by atoms with Crippen LogP contribution >= 0.6 is 11.3 Å². The number of hydrogen-bond acceptors (Lipinski definition) is 5. The number of nitrogens with one attached hydrogen (secondary N) is 1. The minimum atomic E-state index is 0.0292. The van der Waals surface area contributed by atoms with Crippen LogP contribution in [0.4, 0.5) is 10.8 Å². The van der Waals surface area contributed by atoms with Gasteiger partial charge in [-0.05, 0) is 37.1 Å². The Balaban J connectivity index is 1.56. The van der Waals surface area contributed by atoms with E-state index in [1.165, 1.54) is 17.8 Å². The summed E-state index contributed by atoms with van der Waals surface area (Å²) in [6, 6.07) is 5.58. The summed E-state index contributed by atoms with van der Waals surface area (Å²) in [7, 11) is 0. The van der Waals surface area contributed by atoms with Gasteiger partial charge < -0.3 is 16.0 Å². The first-order chi connectivity index (χ1) is 10.1. The molecule has 5 nitrogen and oxygen atoms in total. The van der Waals surface area contributed by atoms with Crippen LogP contribution in [0.1, 0.15) is 19.8 Å². The van der Waals surface area contributed by atoms with Crippen LogP contribution in [0.3, 0.4) is 0 Å². The minimum Gasteiger partial charge on any atom is -0.399 e. The van der Waals surface area contributed by atoms with E-state index < -0.39 is 0 Å². The standard InChI is InChI=1S/C15H20N4OS/c1-10-4-6-19(9-10)7-5-14(20)18-15-17-12-3-2-11(16)8-13(12)21-15/h2-3,8,10H,4-7,9,16H2,1H3,(H,17,18,20). The highest BCUT2D eigenvalue weighted by atomic mass is 32.1. The first-order valence-corrected chi connectivity index (χ1v) is 8.10. The minimum absolute atomic E-state index is 0.0292. The smallest absolute Gasteiger partial charge is 0.227 e. The van der Waals surface area contributed by atoms with Crippen molar-refractivity contribution in [3.63, 3.8) is 0 Å². The van der Waals surface area contributed by atoms with Gasteiger partial charge in [-0.15, -0.1) is 0 Å². The topological polar surface area (TPSA) is 71.2 Å². The zero-order valence-corrected chi connectivity index (χ0v) is 12.9. The number of fused-ring (bicyclic) bond motifs is 1. The lowest BCUT2D eigenvalue weighted by Crippen LogP contribution is -2.25. The van der Waals surface area contributed by atoms with Gasteiger partial charge in [-0.2, -0.15) is 0 Å². The Kier molecular flexibility index (Phi) is 4.07. The van der Waals surface area contributed by atoms with Crippen molar-refractivity contribution in [2.24, 2.45) is 5.92 Å². The van der Waals surface area contributed by atoms with Crippen LogP contribution in [-0.2, 0) is 4.79 Å². The molecular formula is C15H20N4OS. The van der Waals surface area contributed by atoms with Crippen molar-refractivity contribution in [2.45, 2.75) is 19.8 Å². The van der Waals surface area contributed by atoms with Gasteiger partial charge in [0, 0.05) is 25.2 Å². The Morgan fingerprint density at radius 3 is 3.19 bits per heavy atom. The zero-order valence-electron chi connectivity index (χ0n) is 12.1. The second-order valence-corrected chi connectivity index (χ2v) is 6.77. The number of anilines is 2. The van der Waals surface area contributed by atoms with Gasteiger partial charge in [-0.3, -0.25) is 4.79 Å². The Morgan fingerprint density at radius 2 is 2.43 bits per heavy atom. The van der Waals surface area contributed by atoms with E-state index in [0.717, 1.165) is 35.8 Å². The number of benzene rings is 1. The van der Waals surface area contributed by atoms with E-state index in [9.17, 15) is 4.79 Å². The molecule has 3 rings (SSSR count). The van der Waals surface area contributed by atoms with Gasteiger partial charge in [-0.25, -0.2) is 4.98 Å². The zero-order chi connectivity index (χ0) is 14.8. The molecule has 21 heavy (non-hydrogen) atoms. The summed E-state index contributed by atoms with van der Waals surface area (Å²) >= 11 is 1.46. The van der Waals surface area contributed by atoms with Crippen molar-refractivity contribution in [3.05, 3.63) is 18.2 Å². The van der Waals surface area contributed by atoms with Crippen LogP contribution < -0.4 is 11.1 Å². The number of nitrogen functional groups attached to an aromatic ring is 1.